The molecule has 100 valence electrons. The van der Waals surface area contributed by atoms with Crippen LogP contribution in [0.3, 0.4) is 0 Å². The Kier molecular flexibility index (Phi) is 2.42. The average Bonchev–Trinajstić information content (AvgIpc) is 2.84. The smallest absolute Gasteiger partial charge is 0.190 e. The Morgan fingerprint density at radius 3 is 2.65 bits per heavy atom. The van der Waals surface area contributed by atoms with Gasteiger partial charge in [-0.05, 0) is 24.3 Å². The fourth-order valence-electron chi connectivity index (χ4n) is 2.60. The number of imidazole rings is 1. The molecule has 0 aliphatic carbocycles. The standard InChI is InChI=1S/C16H14N2O2/c1-18-12-7-3-2-6-11(12)17-16(18)15-10-19-13-8-4-5-9-14(13)20-15/h2-9,15H,10H2,1H3. The minimum atomic E-state index is -0.178. The lowest BCUT2D eigenvalue weighted by molar-refractivity contribution is 0.0835. The zero-order chi connectivity index (χ0) is 13.5. The number of para-hydroxylation sites is 4. The van der Waals surface area contributed by atoms with Crippen LogP contribution in [-0.4, -0.2) is 16.2 Å². The van der Waals surface area contributed by atoms with Crippen molar-refractivity contribution in [1.29, 1.82) is 0 Å². The van der Waals surface area contributed by atoms with Crippen LogP contribution < -0.4 is 9.47 Å². The lowest BCUT2D eigenvalue weighted by Crippen LogP contribution is -2.24. The van der Waals surface area contributed by atoms with Crippen LogP contribution in [-0.2, 0) is 7.05 Å². The van der Waals surface area contributed by atoms with E-state index in [0.29, 0.717) is 6.61 Å². The quantitative estimate of drug-likeness (QED) is 0.679. The third-order valence-electron chi connectivity index (χ3n) is 3.62. The number of nitrogens with zero attached hydrogens (tertiary/aromatic N) is 2. The summed E-state index contributed by atoms with van der Waals surface area (Å²) in [5.74, 6) is 2.46. The Labute approximate surface area is 116 Å². The molecule has 4 rings (SSSR count). The molecule has 0 fully saturated rings. The Bertz CT molecular complexity index is 779. The molecule has 1 aliphatic heterocycles. The molecule has 0 radical (unpaired) electrons. The first-order valence-corrected chi connectivity index (χ1v) is 6.63. The van der Waals surface area contributed by atoms with Crippen LogP contribution in [0.15, 0.2) is 48.5 Å². The van der Waals surface area contributed by atoms with E-state index in [1.165, 1.54) is 0 Å². The highest BCUT2D eigenvalue weighted by Crippen LogP contribution is 2.36. The average molecular weight is 266 g/mol. The van der Waals surface area contributed by atoms with Gasteiger partial charge in [-0.2, -0.15) is 0 Å². The van der Waals surface area contributed by atoms with Crippen LogP contribution in [0.2, 0.25) is 0 Å². The normalized spacial score (nSPS) is 17.4. The number of aromatic nitrogens is 2. The van der Waals surface area contributed by atoms with Crippen molar-refractivity contribution in [1.82, 2.24) is 9.55 Å². The van der Waals surface area contributed by atoms with E-state index in [2.05, 4.69) is 15.6 Å². The fraction of sp³-hybridized carbons (Fsp3) is 0.188. The van der Waals surface area contributed by atoms with Crippen molar-refractivity contribution in [2.75, 3.05) is 6.61 Å². The number of ether oxygens (including phenoxy) is 2. The van der Waals surface area contributed by atoms with Crippen LogP contribution in [0, 0.1) is 0 Å². The van der Waals surface area contributed by atoms with Crippen molar-refractivity contribution in [3.8, 4) is 11.5 Å². The number of hydrogen-bond acceptors (Lipinski definition) is 3. The van der Waals surface area contributed by atoms with Gasteiger partial charge in [-0.3, -0.25) is 0 Å². The van der Waals surface area contributed by atoms with E-state index in [1.54, 1.807) is 0 Å². The van der Waals surface area contributed by atoms with E-state index in [4.69, 9.17) is 9.47 Å². The molecule has 0 spiro atoms. The lowest BCUT2D eigenvalue weighted by Gasteiger charge is -2.25. The molecule has 4 heteroatoms. The Hall–Kier alpha value is -2.49. The van der Waals surface area contributed by atoms with E-state index in [0.717, 1.165) is 28.4 Å². The second kappa shape index (κ2) is 4.27. The van der Waals surface area contributed by atoms with Gasteiger partial charge in [-0.25, -0.2) is 4.98 Å². The summed E-state index contributed by atoms with van der Waals surface area (Å²) in [6, 6.07) is 15.8. The number of benzene rings is 2. The topological polar surface area (TPSA) is 36.3 Å². The first kappa shape index (κ1) is 11.3. The van der Waals surface area contributed by atoms with Crippen molar-refractivity contribution in [3.63, 3.8) is 0 Å². The molecule has 3 aromatic rings. The highest BCUT2D eigenvalue weighted by atomic mass is 16.6. The molecule has 0 saturated carbocycles. The summed E-state index contributed by atoms with van der Waals surface area (Å²) in [7, 11) is 2.01. The summed E-state index contributed by atoms with van der Waals surface area (Å²) in [5.41, 5.74) is 2.08. The fourth-order valence-corrected chi connectivity index (χ4v) is 2.60. The predicted octanol–water partition coefficient (Wildman–Crippen LogP) is 3.09. The third kappa shape index (κ3) is 1.65. The van der Waals surface area contributed by atoms with Gasteiger partial charge in [-0.1, -0.05) is 24.3 Å². The molecule has 0 saturated heterocycles. The molecule has 0 bridgehead atoms. The Morgan fingerprint density at radius 2 is 1.80 bits per heavy atom. The van der Waals surface area contributed by atoms with Crippen LogP contribution in [0.5, 0.6) is 11.5 Å². The summed E-state index contributed by atoms with van der Waals surface area (Å²) < 4.78 is 13.8. The van der Waals surface area contributed by atoms with Gasteiger partial charge in [0.25, 0.3) is 0 Å². The first-order valence-electron chi connectivity index (χ1n) is 6.63. The van der Waals surface area contributed by atoms with Crippen molar-refractivity contribution >= 4 is 11.0 Å². The number of rotatable bonds is 1. The maximum Gasteiger partial charge on any atom is 0.190 e. The van der Waals surface area contributed by atoms with Crippen LogP contribution >= 0.6 is 0 Å². The predicted molar refractivity (Wildman–Crippen MR) is 76.0 cm³/mol. The highest BCUT2D eigenvalue weighted by Gasteiger charge is 2.26. The van der Waals surface area contributed by atoms with E-state index in [-0.39, 0.29) is 6.10 Å². The molecule has 4 nitrogen and oxygen atoms in total. The summed E-state index contributed by atoms with van der Waals surface area (Å²) in [6.07, 6.45) is -0.178. The van der Waals surface area contributed by atoms with Gasteiger partial charge in [0, 0.05) is 7.05 Å². The summed E-state index contributed by atoms with van der Waals surface area (Å²) in [6.45, 7) is 0.480. The second-order valence-corrected chi connectivity index (χ2v) is 4.88. The lowest BCUT2D eigenvalue weighted by atomic mass is 10.2. The van der Waals surface area contributed by atoms with Crippen LogP contribution in [0.25, 0.3) is 11.0 Å². The van der Waals surface area contributed by atoms with Crippen LogP contribution in [0.1, 0.15) is 11.9 Å². The van der Waals surface area contributed by atoms with Crippen molar-refractivity contribution in [2.24, 2.45) is 7.05 Å². The van der Waals surface area contributed by atoms with Crippen molar-refractivity contribution in [3.05, 3.63) is 54.4 Å². The van der Waals surface area contributed by atoms with Gasteiger partial charge < -0.3 is 14.0 Å². The largest absolute Gasteiger partial charge is 0.485 e. The Balaban J connectivity index is 1.76. The molecule has 1 unspecified atom stereocenters. The van der Waals surface area contributed by atoms with Gasteiger partial charge in [0.05, 0.1) is 11.0 Å². The van der Waals surface area contributed by atoms with Crippen LogP contribution in [0.4, 0.5) is 0 Å². The molecule has 0 N–H and O–H groups in total. The summed E-state index contributed by atoms with van der Waals surface area (Å²) >= 11 is 0. The van der Waals surface area contributed by atoms with Gasteiger partial charge in [0.1, 0.15) is 6.61 Å². The summed E-state index contributed by atoms with van der Waals surface area (Å²) in [4.78, 5) is 4.67. The van der Waals surface area contributed by atoms with E-state index in [9.17, 15) is 0 Å². The van der Waals surface area contributed by atoms with Gasteiger partial charge in [0.2, 0.25) is 0 Å². The first-order chi connectivity index (χ1) is 9.83. The SMILES string of the molecule is Cn1c(C2COc3ccccc3O2)nc2ccccc21. The van der Waals surface area contributed by atoms with E-state index < -0.39 is 0 Å². The van der Waals surface area contributed by atoms with Gasteiger partial charge >= 0.3 is 0 Å². The van der Waals surface area contributed by atoms with E-state index >= 15 is 0 Å². The van der Waals surface area contributed by atoms with Crippen molar-refractivity contribution < 1.29 is 9.47 Å². The molecule has 0 amide bonds. The Morgan fingerprint density at radius 1 is 1.05 bits per heavy atom. The highest BCUT2D eigenvalue weighted by molar-refractivity contribution is 5.75. The molecule has 2 heterocycles. The zero-order valence-electron chi connectivity index (χ0n) is 11.1. The third-order valence-corrected chi connectivity index (χ3v) is 3.62. The molecule has 1 atom stereocenters. The minimum absolute atomic E-state index is 0.178. The van der Waals surface area contributed by atoms with E-state index in [1.807, 2.05) is 49.5 Å². The van der Waals surface area contributed by atoms with Gasteiger partial charge in [0.15, 0.2) is 23.4 Å². The molecule has 1 aromatic heterocycles. The van der Waals surface area contributed by atoms with Gasteiger partial charge in [-0.15, -0.1) is 0 Å². The second-order valence-electron chi connectivity index (χ2n) is 4.88. The number of aryl methyl sites for hydroxylation is 1. The monoisotopic (exact) mass is 266 g/mol. The maximum atomic E-state index is 6.02. The molecule has 20 heavy (non-hydrogen) atoms. The maximum absolute atomic E-state index is 6.02. The molecule has 1 aliphatic rings. The molecule has 2 aromatic carbocycles. The zero-order valence-corrected chi connectivity index (χ0v) is 11.1. The summed E-state index contributed by atoms with van der Waals surface area (Å²) in [5, 5.41) is 0. The number of fused-ring (bicyclic) bond motifs is 2. The number of hydrogen-bond donors (Lipinski definition) is 0. The molecular formula is C16H14N2O2. The van der Waals surface area contributed by atoms with Crippen molar-refractivity contribution in [2.45, 2.75) is 6.10 Å². The molecular weight excluding hydrogens is 252 g/mol. The minimum Gasteiger partial charge on any atom is -0.485 e.